The van der Waals surface area contributed by atoms with Gasteiger partial charge >= 0.3 is 0 Å². The van der Waals surface area contributed by atoms with Crippen LogP contribution in [-0.2, 0) is 9.53 Å². The van der Waals surface area contributed by atoms with E-state index in [-0.39, 0.29) is 12.6 Å². The fourth-order valence-corrected chi connectivity index (χ4v) is 1.65. The largest absolute Gasteiger partial charge is 0.530 e. The molecule has 1 rings (SSSR count). The highest BCUT2D eigenvalue weighted by Crippen LogP contribution is 2.06. The third-order valence-corrected chi connectivity index (χ3v) is 2.42. The Bertz CT molecular complexity index is 259. The van der Waals surface area contributed by atoms with Gasteiger partial charge in [-0.2, -0.15) is 0 Å². The van der Waals surface area contributed by atoms with Gasteiger partial charge in [0.2, 0.25) is 5.91 Å². The van der Waals surface area contributed by atoms with Gasteiger partial charge in [0.05, 0.1) is 0 Å². The number of primary amides is 1. The monoisotopic (exact) mass is 230 g/mol. The lowest BCUT2D eigenvalue weighted by Gasteiger charge is -2.38. The van der Waals surface area contributed by atoms with Gasteiger partial charge in [-0.1, -0.05) is 0 Å². The lowest BCUT2D eigenvalue weighted by molar-refractivity contribution is -0.269. The van der Waals surface area contributed by atoms with Gasteiger partial charge in [0.25, 0.3) is 0 Å². The van der Waals surface area contributed by atoms with E-state index in [2.05, 4.69) is 5.32 Å². The maximum Gasteiger partial charge on any atom is 0.243 e. The number of rotatable bonds is 5. The van der Waals surface area contributed by atoms with E-state index in [0.29, 0.717) is 32.7 Å². The first-order valence-electron chi connectivity index (χ1n) is 5.15. The van der Waals surface area contributed by atoms with Gasteiger partial charge in [0.15, 0.2) is 0 Å². The first-order chi connectivity index (χ1) is 7.61. The second-order valence-corrected chi connectivity index (χ2v) is 3.62. The Balaban J connectivity index is 2.27. The molecule has 0 aliphatic carbocycles. The smallest absolute Gasteiger partial charge is 0.243 e. The van der Waals surface area contributed by atoms with Crippen LogP contribution in [0.15, 0.2) is 0 Å². The molecule has 0 aromatic rings. The maximum absolute atomic E-state index is 10.8. The maximum atomic E-state index is 10.8. The van der Waals surface area contributed by atoms with Crippen LogP contribution in [0.5, 0.6) is 0 Å². The lowest BCUT2D eigenvalue weighted by Crippen LogP contribution is -2.57. The van der Waals surface area contributed by atoms with Gasteiger partial charge in [0.1, 0.15) is 12.7 Å². The SMILES string of the molecule is NC(=O)COCCC1CNCCN1C(=O)[O-]. The number of ether oxygens (including phenoxy) is 1. The molecule has 1 aliphatic heterocycles. The van der Waals surface area contributed by atoms with Gasteiger partial charge < -0.3 is 30.6 Å². The molecule has 1 fully saturated rings. The Morgan fingerprint density at radius 1 is 1.56 bits per heavy atom. The molecule has 1 aliphatic rings. The molecule has 2 amide bonds. The molecule has 16 heavy (non-hydrogen) atoms. The Hall–Kier alpha value is -1.34. The number of carbonyl (C=O) groups excluding carboxylic acids is 2. The molecule has 7 nitrogen and oxygen atoms in total. The number of nitrogens with two attached hydrogens (primary N) is 1. The third-order valence-electron chi connectivity index (χ3n) is 2.42. The van der Waals surface area contributed by atoms with Gasteiger partial charge in [0, 0.05) is 32.3 Å². The number of hydrogen-bond acceptors (Lipinski definition) is 5. The Labute approximate surface area is 93.5 Å². The summed E-state index contributed by atoms with van der Waals surface area (Å²) in [6, 6.07) is -0.161. The van der Waals surface area contributed by atoms with E-state index < -0.39 is 12.0 Å². The molecular weight excluding hydrogens is 214 g/mol. The van der Waals surface area contributed by atoms with Crippen molar-refractivity contribution in [3.63, 3.8) is 0 Å². The number of nitrogens with one attached hydrogen (secondary N) is 1. The van der Waals surface area contributed by atoms with Crippen LogP contribution < -0.4 is 16.2 Å². The first-order valence-corrected chi connectivity index (χ1v) is 5.15. The molecule has 0 bridgehead atoms. The number of nitrogens with zero attached hydrogens (tertiary/aromatic N) is 1. The lowest BCUT2D eigenvalue weighted by atomic mass is 10.1. The average molecular weight is 230 g/mol. The first kappa shape index (κ1) is 12.7. The van der Waals surface area contributed by atoms with E-state index in [1.807, 2.05) is 0 Å². The molecule has 3 N–H and O–H groups in total. The molecule has 0 aromatic carbocycles. The van der Waals surface area contributed by atoms with Crippen molar-refractivity contribution in [2.24, 2.45) is 5.73 Å². The summed E-state index contributed by atoms with van der Waals surface area (Å²) in [7, 11) is 0. The normalized spacial score (nSPS) is 20.8. The second kappa shape index (κ2) is 6.29. The highest BCUT2D eigenvalue weighted by molar-refractivity contribution is 5.74. The molecule has 0 saturated carbocycles. The summed E-state index contributed by atoms with van der Waals surface area (Å²) in [4.78, 5) is 22.5. The molecule has 1 unspecified atom stereocenters. The summed E-state index contributed by atoms with van der Waals surface area (Å²) < 4.78 is 4.98. The fourth-order valence-electron chi connectivity index (χ4n) is 1.65. The summed E-state index contributed by atoms with van der Waals surface area (Å²) in [6.45, 7) is 1.80. The number of piperazine rings is 1. The molecule has 1 atom stereocenters. The van der Waals surface area contributed by atoms with Crippen molar-refractivity contribution in [1.29, 1.82) is 0 Å². The summed E-state index contributed by atoms with van der Waals surface area (Å²) in [5.74, 6) is -0.529. The van der Waals surface area contributed by atoms with Crippen molar-refractivity contribution >= 4 is 12.0 Å². The van der Waals surface area contributed by atoms with E-state index in [1.165, 1.54) is 4.90 Å². The van der Waals surface area contributed by atoms with Gasteiger partial charge in [-0.15, -0.1) is 0 Å². The summed E-state index contributed by atoms with van der Waals surface area (Å²) in [6.07, 6.45) is -0.643. The standard InChI is InChI=1S/C9H17N3O4/c10-8(13)6-16-4-1-7-5-11-2-3-12(7)9(14)15/h7,11H,1-6H2,(H2,10,13)(H,14,15)/p-1. The van der Waals surface area contributed by atoms with Crippen molar-refractivity contribution in [2.45, 2.75) is 12.5 Å². The van der Waals surface area contributed by atoms with Crippen LogP contribution in [0.1, 0.15) is 6.42 Å². The van der Waals surface area contributed by atoms with E-state index in [1.54, 1.807) is 0 Å². The van der Waals surface area contributed by atoms with Crippen LogP contribution in [0.4, 0.5) is 4.79 Å². The van der Waals surface area contributed by atoms with Gasteiger partial charge in [-0.3, -0.25) is 4.79 Å². The van der Waals surface area contributed by atoms with Crippen LogP contribution in [0.2, 0.25) is 0 Å². The van der Waals surface area contributed by atoms with Gasteiger partial charge in [-0.05, 0) is 6.42 Å². The van der Waals surface area contributed by atoms with Gasteiger partial charge in [-0.25, -0.2) is 0 Å². The zero-order valence-corrected chi connectivity index (χ0v) is 8.98. The fraction of sp³-hybridized carbons (Fsp3) is 0.778. The minimum atomic E-state index is -1.17. The van der Waals surface area contributed by atoms with E-state index in [0.717, 1.165) is 0 Å². The Kier molecular flexibility index (Phi) is 5.00. The van der Waals surface area contributed by atoms with Crippen molar-refractivity contribution in [3.05, 3.63) is 0 Å². The zero-order chi connectivity index (χ0) is 12.0. The molecule has 7 heteroatoms. The minimum Gasteiger partial charge on any atom is -0.530 e. The number of amides is 2. The molecule has 1 saturated heterocycles. The third kappa shape index (κ3) is 4.03. The summed E-state index contributed by atoms with van der Waals surface area (Å²) >= 11 is 0. The van der Waals surface area contributed by atoms with Crippen LogP contribution >= 0.6 is 0 Å². The van der Waals surface area contributed by atoms with Crippen LogP contribution in [0, 0.1) is 0 Å². The molecule has 0 radical (unpaired) electrons. The van der Waals surface area contributed by atoms with E-state index in [9.17, 15) is 14.7 Å². The van der Waals surface area contributed by atoms with Crippen molar-refractivity contribution in [3.8, 4) is 0 Å². The minimum absolute atomic E-state index is 0.133. The number of carboxylic acid groups (broad SMARTS) is 1. The van der Waals surface area contributed by atoms with Crippen molar-refractivity contribution in [2.75, 3.05) is 32.8 Å². The van der Waals surface area contributed by atoms with Crippen LogP contribution in [0.25, 0.3) is 0 Å². The number of hydrogen-bond donors (Lipinski definition) is 2. The second-order valence-electron chi connectivity index (χ2n) is 3.62. The highest BCUT2D eigenvalue weighted by atomic mass is 16.5. The molecule has 0 aromatic heterocycles. The Morgan fingerprint density at radius 3 is 2.94 bits per heavy atom. The average Bonchev–Trinajstić information content (AvgIpc) is 2.24. The summed E-state index contributed by atoms with van der Waals surface area (Å²) in [5, 5.41) is 13.9. The molecule has 0 spiro atoms. The zero-order valence-electron chi connectivity index (χ0n) is 8.98. The quantitative estimate of drug-likeness (QED) is 0.507. The van der Waals surface area contributed by atoms with Crippen molar-refractivity contribution in [1.82, 2.24) is 10.2 Å². The number of carbonyl (C=O) groups is 2. The molecule has 1 heterocycles. The highest BCUT2D eigenvalue weighted by Gasteiger charge is 2.21. The topological polar surface area (TPSA) is 108 Å². The molecule has 92 valence electrons. The van der Waals surface area contributed by atoms with Crippen LogP contribution in [-0.4, -0.2) is 55.8 Å². The van der Waals surface area contributed by atoms with E-state index in [4.69, 9.17) is 10.5 Å². The van der Waals surface area contributed by atoms with E-state index >= 15 is 0 Å². The van der Waals surface area contributed by atoms with Crippen molar-refractivity contribution < 1.29 is 19.4 Å². The van der Waals surface area contributed by atoms with Crippen LogP contribution in [0.3, 0.4) is 0 Å². The Morgan fingerprint density at radius 2 is 2.31 bits per heavy atom. The summed E-state index contributed by atoms with van der Waals surface area (Å²) in [5.41, 5.74) is 4.90. The molecular formula is C9H16N3O4-. The predicted octanol–water partition coefficient (Wildman–Crippen LogP) is -2.50. The predicted molar refractivity (Wildman–Crippen MR) is 53.4 cm³/mol.